The van der Waals surface area contributed by atoms with Crippen molar-refractivity contribution >= 4 is 34.3 Å². The third-order valence-electron chi connectivity index (χ3n) is 6.25. The fraction of sp³-hybridized carbons (Fsp3) is 0.423. The van der Waals surface area contributed by atoms with Crippen molar-refractivity contribution < 1.29 is 9.53 Å². The number of anilines is 1. The molecule has 4 rings (SSSR count). The van der Waals surface area contributed by atoms with E-state index in [4.69, 9.17) is 26.3 Å². The Bertz CT molecular complexity index is 1130. The van der Waals surface area contributed by atoms with E-state index in [1.807, 2.05) is 56.3 Å². The zero-order valence-corrected chi connectivity index (χ0v) is 20.8. The molecule has 0 saturated carbocycles. The van der Waals surface area contributed by atoms with E-state index in [1.54, 1.807) is 0 Å². The second-order valence-electron chi connectivity index (χ2n) is 9.04. The molecular weight excluding hydrogens is 450 g/mol. The minimum atomic E-state index is -0.482. The van der Waals surface area contributed by atoms with Gasteiger partial charge in [0.25, 0.3) is 0 Å². The van der Waals surface area contributed by atoms with Crippen LogP contribution in [0.1, 0.15) is 25.2 Å². The maximum atomic E-state index is 12.3. The molecule has 1 saturated heterocycles. The Kier molecular flexibility index (Phi) is 7.98. The number of piperazine rings is 1. The second-order valence-corrected chi connectivity index (χ2v) is 9.45. The smallest absolute Gasteiger partial charge is 0.328 e. The molecule has 1 N–H and O–H groups in total. The summed E-state index contributed by atoms with van der Waals surface area (Å²) in [6.07, 6.45) is 0. The molecule has 180 valence electrons. The maximum absolute atomic E-state index is 12.3. The number of aromatic nitrogens is 2. The molecule has 0 aliphatic carbocycles. The molecule has 0 spiro atoms. The van der Waals surface area contributed by atoms with Gasteiger partial charge in [-0.2, -0.15) is 0 Å². The minimum absolute atomic E-state index is 0.0517. The number of carbonyl (C=O) groups excluding carboxylic acids is 1. The van der Waals surface area contributed by atoms with Crippen molar-refractivity contribution in [1.29, 1.82) is 0 Å². The van der Waals surface area contributed by atoms with Gasteiger partial charge >= 0.3 is 5.97 Å². The predicted molar refractivity (Wildman–Crippen MR) is 136 cm³/mol. The lowest BCUT2D eigenvalue weighted by Crippen LogP contribution is -2.45. The summed E-state index contributed by atoms with van der Waals surface area (Å²) in [5, 5.41) is 5.04. The highest BCUT2D eigenvalue weighted by Gasteiger charge is 2.25. The zero-order valence-electron chi connectivity index (χ0n) is 20.0. The largest absolute Gasteiger partial charge is 0.467 e. The first kappa shape index (κ1) is 24.4. The summed E-state index contributed by atoms with van der Waals surface area (Å²) < 4.78 is 5.00. The van der Waals surface area contributed by atoms with Gasteiger partial charge in [-0.3, -0.25) is 9.80 Å². The number of methoxy groups -OCH3 is 1. The molecule has 1 aliphatic heterocycles. The van der Waals surface area contributed by atoms with Crippen LogP contribution in [0.4, 0.5) is 5.82 Å². The average molecular weight is 482 g/mol. The maximum Gasteiger partial charge on any atom is 0.328 e. The molecule has 2 aromatic carbocycles. The van der Waals surface area contributed by atoms with Gasteiger partial charge in [0, 0.05) is 43.1 Å². The topological polar surface area (TPSA) is 70.6 Å². The lowest BCUT2D eigenvalue weighted by atomic mass is 10.0. The summed E-state index contributed by atoms with van der Waals surface area (Å²) in [6.45, 7) is 9.27. The number of fused-ring (bicyclic) bond motifs is 1. The Labute approximate surface area is 206 Å². The summed E-state index contributed by atoms with van der Waals surface area (Å²) in [4.78, 5) is 26.8. The third-order valence-corrected chi connectivity index (χ3v) is 6.61. The Morgan fingerprint density at radius 2 is 1.65 bits per heavy atom. The van der Waals surface area contributed by atoms with E-state index in [2.05, 4.69) is 21.2 Å². The van der Waals surface area contributed by atoms with Crippen LogP contribution in [0.2, 0.25) is 5.02 Å². The van der Waals surface area contributed by atoms with Crippen LogP contribution in [-0.2, 0) is 22.6 Å². The molecule has 1 aromatic heterocycles. The number of benzene rings is 2. The van der Waals surface area contributed by atoms with Crippen LogP contribution in [0, 0.1) is 5.92 Å². The molecule has 1 fully saturated rings. The highest BCUT2D eigenvalue weighted by molar-refractivity contribution is 6.31. The minimum Gasteiger partial charge on any atom is -0.467 e. The van der Waals surface area contributed by atoms with Crippen molar-refractivity contribution in [2.75, 3.05) is 38.6 Å². The summed E-state index contributed by atoms with van der Waals surface area (Å²) >= 11 is 6.34. The number of hydrogen-bond acceptors (Lipinski definition) is 7. The van der Waals surface area contributed by atoms with Crippen molar-refractivity contribution in [3.63, 3.8) is 0 Å². The van der Waals surface area contributed by atoms with Crippen molar-refractivity contribution in [2.45, 2.75) is 33.0 Å². The summed E-state index contributed by atoms with van der Waals surface area (Å²) in [7, 11) is 1.41. The number of carbonyl (C=O) groups is 1. The third kappa shape index (κ3) is 5.84. The first-order chi connectivity index (χ1) is 16.4. The first-order valence-corrected chi connectivity index (χ1v) is 12.1. The van der Waals surface area contributed by atoms with E-state index < -0.39 is 6.04 Å². The molecule has 8 heteroatoms. The van der Waals surface area contributed by atoms with Gasteiger partial charge in [0.1, 0.15) is 17.7 Å². The van der Waals surface area contributed by atoms with E-state index >= 15 is 0 Å². The quantitative estimate of drug-likeness (QED) is 0.483. The standard InChI is InChI=1S/C26H32ClN5O2/c1-18(2)24(26(33)34-3)30-25-20-9-5-7-11-22(20)28-23(29-25)17-32-14-12-31(13-15-32)16-19-8-4-6-10-21(19)27/h4-11,18,24H,12-17H2,1-3H3,(H,28,29,30)/t24-/m0/s1. The number of halogens is 1. The van der Waals surface area contributed by atoms with Gasteiger partial charge in [-0.1, -0.05) is 55.8 Å². The second kappa shape index (κ2) is 11.1. The SMILES string of the molecule is COC(=O)[C@@H](Nc1nc(CN2CCN(Cc3ccccc3Cl)CC2)nc2ccccc12)C(C)C. The van der Waals surface area contributed by atoms with E-state index in [0.29, 0.717) is 12.4 Å². The summed E-state index contributed by atoms with van der Waals surface area (Å²) in [5.74, 6) is 1.17. The molecule has 3 aromatic rings. The first-order valence-electron chi connectivity index (χ1n) is 11.7. The van der Waals surface area contributed by atoms with Gasteiger partial charge in [-0.25, -0.2) is 14.8 Å². The van der Waals surface area contributed by atoms with E-state index in [-0.39, 0.29) is 11.9 Å². The summed E-state index contributed by atoms with van der Waals surface area (Å²) in [5.41, 5.74) is 2.02. The Balaban J connectivity index is 1.46. The molecule has 0 amide bonds. The Hall–Kier alpha value is -2.74. The van der Waals surface area contributed by atoms with Crippen molar-refractivity contribution in [2.24, 2.45) is 5.92 Å². The number of rotatable bonds is 8. The van der Waals surface area contributed by atoms with Crippen LogP contribution in [-0.4, -0.2) is 65.1 Å². The molecule has 0 unspecified atom stereocenters. The molecule has 1 atom stereocenters. The van der Waals surface area contributed by atoms with Gasteiger partial charge < -0.3 is 10.1 Å². The average Bonchev–Trinajstić information content (AvgIpc) is 2.84. The van der Waals surface area contributed by atoms with Crippen molar-refractivity contribution in [1.82, 2.24) is 19.8 Å². The molecule has 7 nitrogen and oxygen atoms in total. The molecule has 0 radical (unpaired) electrons. The predicted octanol–water partition coefficient (Wildman–Crippen LogP) is 4.21. The highest BCUT2D eigenvalue weighted by atomic mass is 35.5. The van der Waals surface area contributed by atoms with Crippen LogP contribution in [0.25, 0.3) is 10.9 Å². The molecular formula is C26H32ClN5O2. The lowest BCUT2D eigenvalue weighted by Gasteiger charge is -2.34. The van der Waals surface area contributed by atoms with Crippen LogP contribution < -0.4 is 5.32 Å². The molecule has 34 heavy (non-hydrogen) atoms. The number of para-hydroxylation sites is 1. The lowest BCUT2D eigenvalue weighted by molar-refractivity contribution is -0.142. The van der Waals surface area contributed by atoms with Gasteiger partial charge in [-0.15, -0.1) is 0 Å². The monoisotopic (exact) mass is 481 g/mol. The number of esters is 1. The number of nitrogens with zero attached hydrogens (tertiary/aromatic N) is 4. The van der Waals surface area contributed by atoms with Crippen LogP contribution in [0.3, 0.4) is 0 Å². The van der Waals surface area contributed by atoms with Crippen molar-refractivity contribution in [3.05, 3.63) is 64.9 Å². The summed E-state index contributed by atoms with van der Waals surface area (Å²) in [6, 6.07) is 15.4. The molecule has 2 heterocycles. The number of ether oxygens (including phenoxy) is 1. The number of nitrogens with one attached hydrogen (secondary N) is 1. The Morgan fingerprint density at radius 1 is 1.00 bits per heavy atom. The van der Waals surface area contributed by atoms with Crippen LogP contribution >= 0.6 is 11.6 Å². The normalized spacial score (nSPS) is 16.0. The highest BCUT2D eigenvalue weighted by Crippen LogP contribution is 2.24. The van der Waals surface area contributed by atoms with Crippen LogP contribution in [0.5, 0.6) is 0 Å². The molecule has 0 bridgehead atoms. The van der Waals surface area contributed by atoms with Gasteiger partial charge in [0.05, 0.1) is 19.2 Å². The Morgan fingerprint density at radius 3 is 2.32 bits per heavy atom. The van der Waals surface area contributed by atoms with Gasteiger partial charge in [-0.05, 0) is 29.7 Å². The van der Waals surface area contributed by atoms with Crippen molar-refractivity contribution in [3.8, 4) is 0 Å². The van der Waals surface area contributed by atoms with E-state index in [1.165, 1.54) is 7.11 Å². The van der Waals surface area contributed by atoms with E-state index in [0.717, 1.165) is 60.0 Å². The number of hydrogen-bond donors (Lipinski definition) is 1. The fourth-order valence-corrected chi connectivity index (χ4v) is 4.45. The van der Waals surface area contributed by atoms with Gasteiger partial charge in [0.2, 0.25) is 0 Å². The van der Waals surface area contributed by atoms with Gasteiger partial charge in [0.15, 0.2) is 0 Å². The zero-order chi connectivity index (χ0) is 24.1. The van der Waals surface area contributed by atoms with Crippen LogP contribution in [0.15, 0.2) is 48.5 Å². The van der Waals surface area contributed by atoms with E-state index in [9.17, 15) is 4.79 Å². The fourth-order valence-electron chi connectivity index (χ4n) is 4.25. The molecule has 1 aliphatic rings.